The summed E-state index contributed by atoms with van der Waals surface area (Å²) in [4.78, 5) is 6.92. The number of rotatable bonds is 1. The largest absolute Gasteiger partial charge is 0.354 e. The van der Waals surface area contributed by atoms with Crippen LogP contribution in [0.5, 0.6) is 0 Å². The fourth-order valence-corrected chi connectivity index (χ4v) is 2.99. The van der Waals surface area contributed by atoms with E-state index in [1.54, 1.807) is 0 Å². The van der Waals surface area contributed by atoms with Crippen LogP contribution < -0.4 is 10.6 Å². The molecule has 3 rings (SSSR count). The zero-order valence-electron chi connectivity index (χ0n) is 10.5. The number of aryl methyl sites for hydroxylation is 2. The van der Waals surface area contributed by atoms with Gasteiger partial charge in [0.15, 0.2) is 0 Å². The van der Waals surface area contributed by atoms with Crippen LogP contribution in [0.15, 0.2) is 6.07 Å². The van der Waals surface area contributed by atoms with Gasteiger partial charge in [0.2, 0.25) is 0 Å². The van der Waals surface area contributed by atoms with Gasteiger partial charge >= 0.3 is 0 Å². The van der Waals surface area contributed by atoms with Crippen molar-refractivity contribution in [3.8, 4) is 6.07 Å². The Bertz CT molecular complexity index is 503. The number of nitriles is 1. The number of fused-ring (bicyclic) bond motifs is 1. The Morgan fingerprint density at radius 2 is 2.28 bits per heavy atom. The minimum atomic E-state index is 0.209. The lowest BCUT2D eigenvalue weighted by atomic mass is 10.1. The highest BCUT2D eigenvalue weighted by atomic mass is 15.2. The monoisotopic (exact) mass is 242 g/mol. The Hall–Kier alpha value is -1.60. The molecule has 4 heteroatoms. The Balaban J connectivity index is 1.98. The van der Waals surface area contributed by atoms with E-state index in [1.807, 2.05) is 6.07 Å². The van der Waals surface area contributed by atoms with Gasteiger partial charge < -0.3 is 10.6 Å². The normalized spacial score (nSPS) is 22.7. The van der Waals surface area contributed by atoms with Crippen molar-refractivity contribution in [3.63, 3.8) is 0 Å². The number of nitrogens with zero attached hydrogens (tertiary/aromatic N) is 3. The molecule has 1 aromatic heterocycles. The predicted octanol–water partition coefficient (Wildman–Crippen LogP) is 1.37. The summed E-state index contributed by atoms with van der Waals surface area (Å²) in [6.45, 7) is 1.79. The van der Waals surface area contributed by atoms with Gasteiger partial charge in [-0.2, -0.15) is 5.26 Å². The molecule has 2 N–H and O–H groups in total. The maximum absolute atomic E-state index is 9.30. The van der Waals surface area contributed by atoms with Crippen LogP contribution in [-0.4, -0.2) is 24.1 Å². The molecule has 4 nitrogen and oxygen atoms in total. The van der Waals surface area contributed by atoms with E-state index in [4.69, 9.17) is 10.7 Å². The van der Waals surface area contributed by atoms with Gasteiger partial charge in [-0.3, -0.25) is 0 Å². The van der Waals surface area contributed by atoms with Crippen LogP contribution in [0.3, 0.4) is 0 Å². The number of nitrogens with two attached hydrogens (primary N) is 1. The average molecular weight is 242 g/mol. The maximum atomic E-state index is 9.30. The zero-order valence-corrected chi connectivity index (χ0v) is 10.5. The highest BCUT2D eigenvalue weighted by Crippen LogP contribution is 2.28. The molecule has 0 spiro atoms. The molecule has 0 unspecified atom stereocenters. The van der Waals surface area contributed by atoms with Crippen LogP contribution in [0.25, 0.3) is 0 Å². The molecule has 0 radical (unpaired) electrons. The molecule has 1 atom stereocenters. The van der Waals surface area contributed by atoms with Crippen LogP contribution in [-0.2, 0) is 12.8 Å². The van der Waals surface area contributed by atoms with Gasteiger partial charge in [-0.1, -0.05) is 0 Å². The third kappa shape index (κ3) is 1.95. The Labute approximate surface area is 107 Å². The summed E-state index contributed by atoms with van der Waals surface area (Å²) < 4.78 is 0. The quantitative estimate of drug-likeness (QED) is 0.807. The molecule has 18 heavy (non-hydrogen) atoms. The van der Waals surface area contributed by atoms with Gasteiger partial charge in [0.1, 0.15) is 11.9 Å². The number of pyridine rings is 1. The first kappa shape index (κ1) is 11.5. The lowest BCUT2D eigenvalue weighted by Gasteiger charge is -2.32. The van der Waals surface area contributed by atoms with E-state index in [0.717, 1.165) is 51.0 Å². The minimum absolute atomic E-state index is 0.209. The fourth-order valence-electron chi connectivity index (χ4n) is 2.99. The van der Waals surface area contributed by atoms with E-state index in [-0.39, 0.29) is 6.04 Å². The van der Waals surface area contributed by atoms with E-state index in [9.17, 15) is 5.26 Å². The van der Waals surface area contributed by atoms with Gasteiger partial charge in [-0.05, 0) is 43.7 Å². The van der Waals surface area contributed by atoms with Gasteiger partial charge in [-0.25, -0.2) is 4.98 Å². The van der Waals surface area contributed by atoms with Crippen LogP contribution in [0, 0.1) is 11.3 Å². The van der Waals surface area contributed by atoms with E-state index >= 15 is 0 Å². The highest BCUT2D eigenvalue weighted by molar-refractivity contribution is 5.57. The first-order chi connectivity index (χ1) is 8.78. The van der Waals surface area contributed by atoms with Gasteiger partial charge in [0.25, 0.3) is 0 Å². The van der Waals surface area contributed by atoms with Crippen molar-refractivity contribution in [3.05, 3.63) is 22.9 Å². The second kappa shape index (κ2) is 4.58. The summed E-state index contributed by atoms with van der Waals surface area (Å²) in [5.74, 6) is 0.855. The topological polar surface area (TPSA) is 65.9 Å². The van der Waals surface area contributed by atoms with Crippen molar-refractivity contribution in [2.24, 2.45) is 5.73 Å². The lowest BCUT2D eigenvalue weighted by molar-refractivity contribution is 0.502. The molecule has 0 amide bonds. The molecule has 1 aromatic rings. The average Bonchev–Trinajstić information content (AvgIpc) is 2.84. The number of hydrogen-bond acceptors (Lipinski definition) is 4. The van der Waals surface area contributed by atoms with Gasteiger partial charge in [-0.15, -0.1) is 0 Å². The Morgan fingerprint density at radius 3 is 3.06 bits per heavy atom. The third-order valence-electron chi connectivity index (χ3n) is 3.91. The molecular formula is C14H18N4. The molecule has 1 aliphatic heterocycles. The summed E-state index contributed by atoms with van der Waals surface area (Å²) in [6.07, 6.45) is 5.44. The predicted molar refractivity (Wildman–Crippen MR) is 70.4 cm³/mol. The SMILES string of the molecule is N#Cc1cc2c(nc1N1CCC[C@@H](N)C1)CCC2. The molecule has 0 aromatic carbocycles. The second-order valence-electron chi connectivity index (χ2n) is 5.28. The van der Waals surface area contributed by atoms with E-state index in [1.165, 1.54) is 11.3 Å². The summed E-state index contributed by atoms with van der Waals surface area (Å²) >= 11 is 0. The lowest BCUT2D eigenvalue weighted by Crippen LogP contribution is -2.43. The zero-order chi connectivity index (χ0) is 12.5. The minimum Gasteiger partial charge on any atom is -0.354 e. The number of anilines is 1. The number of piperidine rings is 1. The van der Waals surface area contributed by atoms with Gasteiger partial charge in [0, 0.05) is 24.8 Å². The molecule has 2 aliphatic rings. The van der Waals surface area contributed by atoms with Crippen LogP contribution in [0.2, 0.25) is 0 Å². The third-order valence-corrected chi connectivity index (χ3v) is 3.91. The molecule has 94 valence electrons. The van der Waals surface area contributed by atoms with Crippen molar-refractivity contribution < 1.29 is 0 Å². The summed E-state index contributed by atoms with van der Waals surface area (Å²) in [6, 6.07) is 4.53. The molecular weight excluding hydrogens is 224 g/mol. The molecule has 1 saturated heterocycles. The molecule has 0 saturated carbocycles. The maximum Gasteiger partial charge on any atom is 0.146 e. The van der Waals surface area contributed by atoms with Crippen LogP contribution >= 0.6 is 0 Å². The van der Waals surface area contributed by atoms with Gasteiger partial charge in [0.05, 0.1) is 5.56 Å². The smallest absolute Gasteiger partial charge is 0.146 e. The van der Waals surface area contributed by atoms with Crippen molar-refractivity contribution in [2.45, 2.75) is 38.1 Å². The van der Waals surface area contributed by atoms with Crippen molar-refractivity contribution in [1.82, 2.24) is 4.98 Å². The van der Waals surface area contributed by atoms with Crippen molar-refractivity contribution in [1.29, 1.82) is 5.26 Å². The van der Waals surface area contributed by atoms with E-state index < -0.39 is 0 Å². The number of hydrogen-bond donors (Lipinski definition) is 1. The first-order valence-electron chi connectivity index (χ1n) is 6.71. The Kier molecular flexibility index (Phi) is 2.92. The summed E-state index contributed by atoms with van der Waals surface area (Å²) in [5.41, 5.74) is 9.17. The van der Waals surface area contributed by atoms with Crippen molar-refractivity contribution >= 4 is 5.82 Å². The van der Waals surface area contributed by atoms with Crippen molar-refractivity contribution in [2.75, 3.05) is 18.0 Å². The second-order valence-corrected chi connectivity index (χ2v) is 5.28. The molecule has 0 bridgehead atoms. The number of aromatic nitrogens is 1. The Morgan fingerprint density at radius 1 is 1.39 bits per heavy atom. The first-order valence-corrected chi connectivity index (χ1v) is 6.71. The summed E-state index contributed by atoms with van der Waals surface area (Å²) in [7, 11) is 0. The fraction of sp³-hybridized carbons (Fsp3) is 0.571. The van der Waals surface area contributed by atoms with E-state index in [0.29, 0.717) is 5.56 Å². The van der Waals surface area contributed by atoms with E-state index in [2.05, 4.69) is 11.0 Å². The van der Waals surface area contributed by atoms with Crippen LogP contribution in [0.4, 0.5) is 5.82 Å². The highest BCUT2D eigenvalue weighted by Gasteiger charge is 2.23. The molecule has 1 aliphatic carbocycles. The van der Waals surface area contributed by atoms with Crippen LogP contribution in [0.1, 0.15) is 36.1 Å². The molecule has 1 fully saturated rings. The summed E-state index contributed by atoms with van der Waals surface area (Å²) in [5, 5.41) is 9.30. The standard InChI is InChI=1S/C14H18N4/c15-8-11-7-10-3-1-5-13(10)17-14(11)18-6-2-4-12(16)9-18/h7,12H,1-6,9,16H2/t12-/m1/s1. The molecule has 2 heterocycles.